The molecule has 0 aliphatic heterocycles. The quantitative estimate of drug-likeness (QED) is 0.908. The van der Waals surface area contributed by atoms with Crippen molar-refractivity contribution in [3.63, 3.8) is 0 Å². The van der Waals surface area contributed by atoms with E-state index in [1.54, 1.807) is 11.3 Å². The first-order chi connectivity index (χ1) is 10.0. The van der Waals surface area contributed by atoms with E-state index in [-0.39, 0.29) is 17.9 Å². The maximum atomic E-state index is 12.0. The van der Waals surface area contributed by atoms with Crippen molar-refractivity contribution in [3.05, 3.63) is 34.2 Å². The molecule has 0 atom stereocenters. The highest BCUT2D eigenvalue weighted by molar-refractivity contribution is 7.17. The normalized spacial score (nSPS) is 21.0. The van der Waals surface area contributed by atoms with Crippen LogP contribution in [0.1, 0.15) is 18.4 Å². The Labute approximate surface area is 130 Å². The van der Waals surface area contributed by atoms with Gasteiger partial charge in [-0.15, -0.1) is 11.3 Å². The summed E-state index contributed by atoms with van der Waals surface area (Å²) in [5, 5.41) is 15.3. The van der Waals surface area contributed by atoms with E-state index in [1.165, 1.54) is 0 Å². The summed E-state index contributed by atoms with van der Waals surface area (Å²) < 4.78 is 1.11. The minimum atomic E-state index is -0.779. The van der Waals surface area contributed by atoms with E-state index < -0.39 is 5.97 Å². The molecule has 0 bridgehead atoms. The van der Waals surface area contributed by atoms with Crippen molar-refractivity contribution in [2.24, 2.45) is 5.92 Å². The van der Waals surface area contributed by atoms with Crippen LogP contribution in [-0.2, 0) is 16.0 Å². The molecule has 110 valence electrons. The molecule has 0 saturated heterocycles. The van der Waals surface area contributed by atoms with Gasteiger partial charge in [0.15, 0.2) is 0 Å². The topological polar surface area (TPSA) is 66.4 Å². The van der Waals surface area contributed by atoms with E-state index in [4.69, 9.17) is 16.7 Å². The zero-order valence-electron chi connectivity index (χ0n) is 11.1. The third-order valence-electron chi connectivity index (χ3n) is 3.82. The lowest BCUT2D eigenvalue weighted by Crippen LogP contribution is -2.47. The zero-order valence-corrected chi connectivity index (χ0v) is 12.7. The minimum absolute atomic E-state index is 0.00733. The standard InChI is InChI=1S/C15H14ClNO3S/c16-10-1-2-13-12(6-10)9(7-21-13)5-14(18)17-11-3-8(4-11)15(19)20/h1-2,6-8,11H,3-5H2,(H,17,18)(H,19,20). The molecule has 0 unspecified atom stereocenters. The summed E-state index contributed by atoms with van der Waals surface area (Å²) in [7, 11) is 0. The first kappa shape index (κ1) is 14.4. The average Bonchev–Trinajstić information content (AvgIpc) is 2.75. The molecular formula is C15H14ClNO3S. The first-order valence-corrected chi connectivity index (χ1v) is 7.96. The second kappa shape index (κ2) is 5.66. The number of aliphatic carboxylic acids is 1. The van der Waals surface area contributed by atoms with Crippen molar-refractivity contribution in [3.8, 4) is 0 Å². The van der Waals surface area contributed by atoms with Crippen LogP contribution in [0.5, 0.6) is 0 Å². The summed E-state index contributed by atoms with van der Waals surface area (Å²) in [6, 6.07) is 5.66. The molecule has 2 N–H and O–H groups in total. The predicted octanol–water partition coefficient (Wildman–Crippen LogP) is 3.08. The van der Waals surface area contributed by atoms with Crippen LogP contribution in [0.25, 0.3) is 10.1 Å². The molecule has 1 fully saturated rings. The fourth-order valence-electron chi connectivity index (χ4n) is 2.58. The van der Waals surface area contributed by atoms with Gasteiger partial charge in [-0.2, -0.15) is 0 Å². The fourth-order valence-corrected chi connectivity index (χ4v) is 3.70. The Morgan fingerprint density at radius 2 is 2.14 bits per heavy atom. The number of benzene rings is 1. The number of rotatable bonds is 4. The van der Waals surface area contributed by atoms with Crippen molar-refractivity contribution in [1.29, 1.82) is 0 Å². The van der Waals surface area contributed by atoms with Crippen LogP contribution in [0, 0.1) is 5.92 Å². The van der Waals surface area contributed by atoms with Crippen LogP contribution in [0.2, 0.25) is 5.02 Å². The molecule has 1 amide bonds. The third-order valence-corrected chi connectivity index (χ3v) is 5.07. The lowest BCUT2D eigenvalue weighted by atomic mass is 9.80. The predicted molar refractivity (Wildman–Crippen MR) is 82.8 cm³/mol. The van der Waals surface area contributed by atoms with E-state index in [2.05, 4.69) is 5.32 Å². The van der Waals surface area contributed by atoms with Gasteiger partial charge in [0.1, 0.15) is 0 Å². The molecule has 2 aromatic rings. The average molecular weight is 324 g/mol. The van der Waals surface area contributed by atoms with Gasteiger partial charge >= 0.3 is 5.97 Å². The van der Waals surface area contributed by atoms with Gasteiger partial charge in [-0.25, -0.2) is 0 Å². The highest BCUT2D eigenvalue weighted by Crippen LogP contribution is 2.30. The number of halogens is 1. The minimum Gasteiger partial charge on any atom is -0.481 e. The number of nitrogens with one attached hydrogen (secondary N) is 1. The van der Waals surface area contributed by atoms with Crippen LogP contribution in [0.4, 0.5) is 0 Å². The number of amides is 1. The summed E-state index contributed by atoms with van der Waals surface area (Å²) in [6.45, 7) is 0. The number of carbonyl (C=O) groups is 2. The Kier molecular flexibility index (Phi) is 3.87. The largest absolute Gasteiger partial charge is 0.481 e. The lowest BCUT2D eigenvalue weighted by Gasteiger charge is -2.32. The number of carboxylic acid groups (broad SMARTS) is 1. The van der Waals surface area contributed by atoms with Gasteiger partial charge in [-0.05, 0) is 47.4 Å². The molecule has 1 aromatic heterocycles. The fraction of sp³-hybridized carbons (Fsp3) is 0.333. The molecule has 3 rings (SSSR count). The zero-order chi connectivity index (χ0) is 15.0. The number of thiophene rings is 1. The highest BCUT2D eigenvalue weighted by atomic mass is 35.5. The van der Waals surface area contributed by atoms with E-state index in [0.29, 0.717) is 24.3 Å². The Balaban J connectivity index is 1.62. The molecule has 0 radical (unpaired) electrons. The van der Waals surface area contributed by atoms with Crippen molar-refractivity contribution < 1.29 is 14.7 Å². The molecule has 0 spiro atoms. The maximum absolute atomic E-state index is 12.0. The Bertz CT molecular complexity index is 706. The molecule has 1 heterocycles. The molecule has 1 aliphatic rings. The van der Waals surface area contributed by atoms with Crippen LogP contribution in [-0.4, -0.2) is 23.0 Å². The van der Waals surface area contributed by atoms with Gasteiger partial charge < -0.3 is 10.4 Å². The molecular weight excluding hydrogens is 310 g/mol. The van der Waals surface area contributed by atoms with Gasteiger partial charge in [0.05, 0.1) is 12.3 Å². The summed E-state index contributed by atoms with van der Waals surface area (Å²) in [5.74, 6) is -1.15. The molecule has 6 heteroatoms. The van der Waals surface area contributed by atoms with Crippen LogP contribution >= 0.6 is 22.9 Å². The second-order valence-electron chi connectivity index (χ2n) is 5.35. The van der Waals surface area contributed by atoms with E-state index >= 15 is 0 Å². The van der Waals surface area contributed by atoms with Gasteiger partial charge in [0.2, 0.25) is 5.91 Å². The number of carboxylic acids is 1. The van der Waals surface area contributed by atoms with Crippen molar-refractivity contribution in [1.82, 2.24) is 5.32 Å². The van der Waals surface area contributed by atoms with Crippen molar-refractivity contribution >= 4 is 44.9 Å². The number of fused-ring (bicyclic) bond motifs is 1. The van der Waals surface area contributed by atoms with E-state index in [1.807, 2.05) is 23.6 Å². The van der Waals surface area contributed by atoms with Crippen LogP contribution < -0.4 is 5.32 Å². The van der Waals surface area contributed by atoms with Crippen LogP contribution in [0.3, 0.4) is 0 Å². The summed E-state index contributed by atoms with van der Waals surface area (Å²) >= 11 is 7.59. The number of hydrogen-bond acceptors (Lipinski definition) is 3. The van der Waals surface area contributed by atoms with Crippen molar-refractivity contribution in [2.45, 2.75) is 25.3 Å². The molecule has 1 aromatic carbocycles. The highest BCUT2D eigenvalue weighted by Gasteiger charge is 2.35. The Morgan fingerprint density at radius 1 is 1.38 bits per heavy atom. The van der Waals surface area contributed by atoms with E-state index in [9.17, 15) is 9.59 Å². The van der Waals surface area contributed by atoms with Crippen LogP contribution in [0.15, 0.2) is 23.6 Å². The molecule has 21 heavy (non-hydrogen) atoms. The number of hydrogen-bond donors (Lipinski definition) is 2. The smallest absolute Gasteiger partial charge is 0.306 e. The molecule has 4 nitrogen and oxygen atoms in total. The monoisotopic (exact) mass is 323 g/mol. The maximum Gasteiger partial charge on any atom is 0.306 e. The van der Waals surface area contributed by atoms with E-state index in [0.717, 1.165) is 15.6 Å². The second-order valence-corrected chi connectivity index (χ2v) is 6.70. The SMILES string of the molecule is O=C(Cc1csc2ccc(Cl)cc12)NC1CC(C(=O)O)C1. The lowest BCUT2D eigenvalue weighted by molar-refractivity contribution is -0.146. The third kappa shape index (κ3) is 3.04. The Hall–Kier alpha value is -1.59. The summed E-state index contributed by atoms with van der Waals surface area (Å²) in [6.07, 6.45) is 1.35. The number of carbonyl (C=O) groups excluding carboxylic acids is 1. The first-order valence-electron chi connectivity index (χ1n) is 6.70. The van der Waals surface area contributed by atoms with Gasteiger partial charge in [0.25, 0.3) is 0 Å². The van der Waals surface area contributed by atoms with Gasteiger partial charge in [0, 0.05) is 15.8 Å². The Morgan fingerprint density at radius 3 is 2.86 bits per heavy atom. The summed E-state index contributed by atoms with van der Waals surface area (Å²) in [4.78, 5) is 22.8. The molecule has 1 saturated carbocycles. The van der Waals surface area contributed by atoms with Crippen molar-refractivity contribution in [2.75, 3.05) is 0 Å². The van der Waals surface area contributed by atoms with Gasteiger partial charge in [-0.1, -0.05) is 11.6 Å². The summed E-state index contributed by atoms with van der Waals surface area (Å²) in [5.41, 5.74) is 0.962. The van der Waals surface area contributed by atoms with Gasteiger partial charge in [-0.3, -0.25) is 9.59 Å². The molecule has 1 aliphatic carbocycles.